The van der Waals surface area contributed by atoms with E-state index in [1.165, 1.54) is 49.2 Å². The van der Waals surface area contributed by atoms with Crippen LogP contribution in [-0.2, 0) is 22.4 Å². The summed E-state index contributed by atoms with van der Waals surface area (Å²) in [4.78, 5) is 11.1. The van der Waals surface area contributed by atoms with Crippen LogP contribution in [0, 0.1) is 0 Å². The molecule has 0 heterocycles. The maximum atomic E-state index is 11.1. The van der Waals surface area contributed by atoms with Crippen LogP contribution in [0.3, 0.4) is 0 Å². The van der Waals surface area contributed by atoms with E-state index in [9.17, 15) is 4.79 Å². The molecule has 136 valence electrons. The van der Waals surface area contributed by atoms with Crippen LogP contribution >= 0.6 is 11.6 Å². The van der Waals surface area contributed by atoms with Crippen LogP contribution in [0.1, 0.15) is 57.1 Å². The van der Waals surface area contributed by atoms with Crippen molar-refractivity contribution in [2.45, 2.75) is 58.8 Å². The minimum absolute atomic E-state index is 0.0233. The molecule has 0 radical (unpaired) electrons. The normalized spacial score (nSPS) is 14.2. The van der Waals surface area contributed by atoms with E-state index in [-0.39, 0.29) is 5.78 Å². The number of hydrogen-bond donors (Lipinski definition) is 1. The summed E-state index contributed by atoms with van der Waals surface area (Å²) in [7, 11) is 0. The highest BCUT2D eigenvalue weighted by Gasteiger charge is 2.15. The van der Waals surface area contributed by atoms with E-state index >= 15 is 0 Å². The predicted octanol–water partition coefficient (Wildman–Crippen LogP) is 5.11. The van der Waals surface area contributed by atoms with Crippen molar-refractivity contribution in [2.24, 2.45) is 5.73 Å². The number of halogens is 1. The third-order valence-electron chi connectivity index (χ3n) is 4.49. The second kappa shape index (κ2) is 9.67. The highest BCUT2D eigenvalue weighted by atomic mass is 35.5. The van der Waals surface area contributed by atoms with Crippen LogP contribution in [0.4, 0.5) is 0 Å². The third kappa shape index (κ3) is 6.24. The zero-order chi connectivity index (χ0) is 18.2. The zero-order valence-corrected chi connectivity index (χ0v) is 16.0. The molecule has 1 aliphatic carbocycles. The van der Waals surface area contributed by atoms with Crippen molar-refractivity contribution in [3.63, 3.8) is 0 Å². The lowest BCUT2D eigenvalue weighted by Gasteiger charge is -2.22. The van der Waals surface area contributed by atoms with E-state index < -0.39 is 0 Å². The molecule has 0 amide bonds. The Labute approximate surface area is 155 Å². The number of aryl methyl sites for hydroxylation is 2. The molecule has 2 N–H and O–H groups in total. The van der Waals surface area contributed by atoms with Crippen LogP contribution < -0.4 is 5.73 Å². The molecule has 1 aromatic rings. The fourth-order valence-electron chi connectivity index (χ4n) is 3.00. The van der Waals surface area contributed by atoms with Gasteiger partial charge in [-0.2, -0.15) is 0 Å². The second-order valence-electron chi connectivity index (χ2n) is 6.57. The monoisotopic (exact) mass is 361 g/mol. The lowest BCUT2D eigenvalue weighted by atomic mass is 9.89. The van der Waals surface area contributed by atoms with Crippen molar-refractivity contribution in [3.8, 4) is 0 Å². The molecule has 25 heavy (non-hydrogen) atoms. The molecular weight excluding hydrogens is 334 g/mol. The van der Waals surface area contributed by atoms with Gasteiger partial charge in [0.15, 0.2) is 5.78 Å². The smallest absolute Gasteiger partial charge is 0.154 e. The standard InChI is InChI=1S/C21H28ClNO2/c1-3-25-21(17-5-4-6-17)12-8-16-7-11-20(22)18(14-16)9-10-19(23)13-15(2)24/h7,11,13-14H,3-6,8-10,12,23H2,1-2H3/b19-13-. The van der Waals surface area contributed by atoms with Gasteiger partial charge in [0.2, 0.25) is 0 Å². The van der Waals surface area contributed by atoms with Gasteiger partial charge in [-0.25, -0.2) is 0 Å². The molecule has 0 bridgehead atoms. The molecule has 3 nitrogen and oxygen atoms in total. The van der Waals surface area contributed by atoms with Crippen LogP contribution in [0.15, 0.2) is 41.3 Å². The van der Waals surface area contributed by atoms with E-state index in [2.05, 4.69) is 12.1 Å². The Morgan fingerprint density at radius 1 is 1.28 bits per heavy atom. The Balaban J connectivity index is 1.99. The maximum absolute atomic E-state index is 11.1. The molecule has 0 aromatic heterocycles. The Kier molecular flexibility index (Phi) is 7.57. The minimum atomic E-state index is -0.0233. The first-order valence-corrected chi connectivity index (χ1v) is 9.45. The second-order valence-corrected chi connectivity index (χ2v) is 6.98. The number of ether oxygens (including phenoxy) is 1. The van der Waals surface area contributed by atoms with Crippen LogP contribution in [0.2, 0.25) is 5.02 Å². The van der Waals surface area contributed by atoms with Crippen molar-refractivity contribution < 1.29 is 9.53 Å². The summed E-state index contributed by atoms with van der Waals surface area (Å²) < 4.78 is 5.84. The van der Waals surface area contributed by atoms with E-state index in [1.807, 2.05) is 13.0 Å². The molecular formula is C21H28ClNO2. The first-order chi connectivity index (χ1) is 12.0. The average molecular weight is 362 g/mol. The first kappa shape index (κ1) is 19.6. The van der Waals surface area contributed by atoms with Gasteiger partial charge < -0.3 is 10.5 Å². The van der Waals surface area contributed by atoms with E-state index in [1.54, 1.807) is 0 Å². The summed E-state index contributed by atoms with van der Waals surface area (Å²) in [5, 5.41) is 0.752. The quantitative estimate of drug-likeness (QED) is 0.491. The number of ketones is 1. The molecule has 0 unspecified atom stereocenters. The van der Waals surface area contributed by atoms with Crippen LogP contribution in [-0.4, -0.2) is 12.4 Å². The Bertz CT molecular complexity index is 670. The van der Waals surface area contributed by atoms with Gasteiger partial charge in [-0.15, -0.1) is 0 Å². The first-order valence-electron chi connectivity index (χ1n) is 9.07. The number of nitrogens with two attached hydrogens (primary N) is 1. The van der Waals surface area contributed by atoms with Crippen molar-refractivity contribution in [1.82, 2.24) is 0 Å². The van der Waals surface area contributed by atoms with E-state index in [0.717, 1.165) is 36.5 Å². The fourth-order valence-corrected chi connectivity index (χ4v) is 3.21. The molecule has 1 aromatic carbocycles. The van der Waals surface area contributed by atoms with Gasteiger partial charge in [-0.1, -0.05) is 23.7 Å². The van der Waals surface area contributed by atoms with Crippen molar-refractivity contribution in [3.05, 3.63) is 57.5 Å². The summed E-state index contributed by atoms with van der Waals surface area (Å²) >= 11 is 6.32. The molecule has 1 fully saturated rings. The predicted molar refractivity (Wildman–Crippen MR) is 104 cm³/mol. The minimum Gasteiger partial charge on any atom is -0.498 e. The summed E-state index contributed by atoms with van der Waals surface area (Å²) in [6, 6.07) is 6.18. The van der Waals surface area contributed by atoms with Crippen molar-refractivity contribution in [1.29, 1.82) is 0 Å². The highest BCUT2D eigenvalue weighted by Crippen LogP contribution is 2.31. The van der Waals surface area contributed by atoms with Gasteiger partial charge in [0.25, 0.3) is 0 Å². The number of benzene rings is 1. The molecule has 4 heteroatoms. The molecule has 0 atom stereocenters. The summed E-state index contributed by atoms with van der Waals surface area (Å²) in [5.74, 6) is 1.16. The van der Waals surface area contributed by atoms with Gasteiger partial charge in [-0.3, -0.25) is 4.79 Å². The molecule has 0 spiro atoms. The molecule has 0 saturated heterocycles. The number of carbonyl (C=O) groups excluding carboxylic acids is 1. The maximum Gasteiger partial charge on any atom is 0.154 e. The molecule has 1 aliphatic rings. The Hall–Kier alpha value is -1.74. The average Bonchev–Trinajstić information content (AvgIpc) is 2.50. The number of hydrogen-bond acceptors (Lipinski definition) is 3. The van der Waals surface area contributed by atoms with Gasteiger partial charge in [-0.05, 0) is 81.2 Å². The summed E-state index contributed by atoms with van der Waals surface area (Å²) in [5.41, 5.74) is 10.3. The van der Waals surface area contributed by atoms with Gasteiger partial charge in [0.1, 0.15) is 0 Å². The van der Waals surface area contributed by atoms with Crippen molar-refractivity contribution >= 4 is 17.4 Å². The van der Waals surface area contributed by atoms with Gasteiger partial charge in [0, 0.05) is 17.1 Å². The van der Waals surface area contributed by atoms with Gasteiger partial charge >= 0.3 is 0 Å². The summed E-state index contributed by atoms with van der Waals surface area (Å²) in [6.07, 6.45) is 8.39. The van der Waals surface area contributed by atoms with Crippen molar-refractivity contribution in [2.75, 3.05) is 6.61 Å². The van der Waals surface area contributed by atoms with Crippen LogP contribution in [0.5, 0.6) is 0 Å². The van der Waals surface area contributed by atoms with Crippen LogP contribution in [0.25, 0.3) is 0 Å². The largest absolute Gasteiger partial charge is 0.498 e. The number of allylic oxidation sites excluding steroid dienone is 4. The lowest BCUT2D eigenvalue weighted by Crippen LogP contribution is -2.06. The molecule has 0 aliphatic heterocycles. The van der Waals surface area contributed by atoms with E-state index in [0.29, 0.717) is 12.1 Å². The number of carbonyl (C=O) groups is 1. The van der Waals surface area contributed by atoms with E-state index in [4.69, 9.17) is 22.1 Å². The van der Waals surface area contributed by atoms with Gasteiger partial charge in [0.05, 0.1) is 12.4 Å². The zero-order valence-electron chi connectivity index (χ0n) is 15.2. The topological polar surface area (TPSA) is 52.3 Å². The summed E-state index contributed by atoms with van der Waals surface area (Å²) in [6.45, 7) is 4.28. The number of rotatable bonds is 9. The molecule has 2 rings (SSSR count). The SMILES string of the molecule is CCOC(CCc1ccc(Cl)c(CC/C(N)=C/C(C)=O)c1)=C1CCC1. The Morgan fingerprint density at radius 2 is 2.04 bits per heavy atom. The Morgan fingerprint density at radius 3 is 2.64 bits per heavy atom. The lowest BCUT2D eigenvalue weighted by molar-refractivity contribution is -0.112. The molecule has 1 saturated carbocycles. The highest BCUT2D eigenvalue weighted by molar-refractivity contribution is 6.31. The third-order valence-corrected chi connectivity index (χ3v) is 4.86. The fraction of sp³-hybridized carbons (Fsp3) is 0.476.